The average molecular weight is 325 g/mol. The van der Waals surface area contributed by atoms with Crippen LogP contribution in [0.2, 0.25) is 5.02 Å². The molecule has 2 N–H and O–H groups in total. The number of nitrogens with zero attached hydrogens (tertiary/aromatic N) is 1. The van der Waals surface area contributed by atoms with E-state index in [9.17, 15) is 14.4 Å². The summed E-state index contributed by atoms with van der Waals surface area (Å²) in [6, 6.07) is 6.48. The summed E-state index contributed by atoms with van der Waals surface area (Å²) in [7, 11) is 0. The van der Waals surface area contributed by atoms with Gasteiger partial charge >= 0.3 is 5.97 Å². The molecule has 0 atom stereocenters. The van der Waals surface area contributed by atoms with Crippen molar-refractivity contribution in [2.45, 2.75) is 12.8 Å². The fourth-order valence-electron chi connectivity index (χ4n) is 2.34. The Morgan fingerprint density at radius 3 is 2.45 bits per heavy atom. The Hall–Kier alpha value is -2.08. The van der Waals surface area contributed by atoms with E-state index in [0.29, 0.717) is 25.9 Å². The summed E-state index contributed by atoms with van der Waals surface area (Å²) in [5, 5.41) is 0.280. The number of esters is 1. The number of benzene rings is 1. The topological polar surface area (TPSA) is 89.7 Å². The van der Waals surface area contributed by atoms with Crippen LogP contribution in [0, 0.1) is 5.92 Å². The van der Waals surface area contributed by atoms with Gasteiger partial charge in [-0.1, -0.05) is 23.7 Å². The van der Waals surface area contributed by atoms with Gasteiger partial charge < -0.3 is 15.4 Å². The van der Waals surface area contributed by atoms with Crippen molar-refractivity contribution in [1.82, 2.24) is 4.90 Å². The normalized spacial score (nSPS) is 15.4. The number of rotatable bonds is 4. The summed E-state index contributed by atoms with van der Waals surface area (Å²) in [5.74, 6) is -1.44. The first kappa shape index (κ1) is 16.3. The van der Waals surface area contributed by atoms with Crippen LogP contribution in [0.25, 0.3) is 0 Å². The molecule has 0 aliphatic carbocycles. The predicted molar refractivity (Wildman–Crippen MR) is 80.2 cm³/mol. The molecule has 1 saturated heterocycles. The fraction of sp³-hybridized carbons (Fsp3) is 0.400. The van der Waals surface area contributed by atoms with E-state index in [1.165, 1.54) is 6.07 Å². The van der Waals surface area contributed by atoms with Crippen LogP contribution in [-0.2, 0) is 14.3 Å². The van der Waals surface area contributed by atoms with E-state index in [0.717, 1.165) is 0 Å². The third kappa shape index (κ3) is 3.98. The van der Waals surface area contributed by atoms with E-state index in [4.69, 9.17) is 22.1 Å². The Morgan fingerprint density at radius 2 is 1.86 bits per heavy atom. The van der Waals surface area contributed by atoms with Gasteiger partial charge in [-0.25, -0.2) is 4.79 Å². The number of carbonyl (C=O) groups excluding carboxylic acids is 3. The van der Waals surface area contributed by atoms with Crippen LogP contribution in [0.5, 0.6) is 0 Å². The molecule has 118 valence electrons. The van der Waals surface area contributed by atoms with Gasteiger partial charge in [-0.15, -0.1) is 0 Å². The lowest BCUT2D eigenvalue weighted by Crippen LogP contribution is -2.43. The quantitative estimate of drug-likeness (QED) is 0.843. The van der Waals surface area contributed by atoms with E-state index >= 15 is 0 Å². The van der Waals surface area contributed by atoms with Crippen LogP contribution in [0.1, 0.15) is 23.2 Å². The number of ether oxygens (including phenoxy) is 1. The molecule has 22 heavy (non-hydrogen) atoms. The Kier molecular flexibility index (Phi) is 5.38. The smallest absolute Gasteiger partial charge is 0.340 e. The SMILES string of the molecule is NC(=O)C1CCN(C(=O)COC(=O)c2ccccc2Cl)CC1. The molecular formula is C15H17ClN2O4. The summed E-state index contributed by atoms with van der Waals surface area (Å²) in [6.45, 7) is 0.539. The van der Waals surface area contributed by atoms with Crippen LogP contribution < -0.4 is 5.73 Å². The lowest BCUT2D eigenvalue weighted by Gasteiger charge is -2.30. The largest absolute Gasteiger partial charge is 0.452 e. The van der Waals surface area contributed by atoms with E-state index in [-0.39, 0.29) is 34.9 Å². The van der Waals surface area contributed by atoms with Crippen LogP contribution >= 0.6 is 11.6 Å². The Balaban J connectivity index is 1.82. The molecule has 6 nitrogen and oxygen atoms in total. The molecule has 7 heteroatoms. The van der Waals surface area contributed by atoms with Gasteiger partial charge in [0.25, 0.3) is 5.91 Å². The Morgan fingerprint density at radius 1 is 1.23 bits per heavy atom. The van der Waals surface area contributed by atoms with Gasteiger partial charge in [0.1, 0.15) is 0 Å². The number of hydrogen-bond donors (Lipinski definition) is 1. The average Bonchev–Trinajstić information content (AvgIpc) is 2.52. The second kappa shape index (κ2) is 7.26. The minimum atomic E-state index is -0.633. The summed E-state index contributed by atoms with van der Waals surface area (Å²) >= 11 is 5.89. The lowest BCUT2D eigenvalue weighted by atomic mass is 9.96. The molecular weight excluding hydrogens is 308 g/mol. The number of nitrogens with two attached hydrogens (primary N) is 1. The number of halogens is 1. The number of amides is 2. The summed E-state index contributed by atoms with van der Waals surface area (Å²) in [5.41, 5.74) is 5.47. The highest BCUT2D eigenvalue weighted by Gasteiger charge is 2.26. The number of piperidine rings is 1. The van der Waals surface area contributed by atoms with Crippen LogP contribution in [0.3, 0.4) is 0 Å². The molecule has 0 bridgehead atoms. The zero-order chi connectivity index (χ0) is 16.1. The highest BCUT2D eigenvalue weighted by molar-refractivity contribution is 6.33. The van der Waals surface area contributed by atoms with Crippen molar-refractivity contribution in [1.29, 1.82) is 0 Å². The lowest BCUT2D eigenvalue weighted by molar-refractivity contribution is -0.137. The molecule has 2 rings (SSSR count). The van der Waals surface area contributed by atoms with Crippen molar-refractivity contribution in [3.8, 4) is 0 Å². The second-order valence-corrected chi connectivity index (χ2v) is 5.52. The maximum Gasteiger partial charge on any atom is 0.340 e. The monoisotopic (exact) mass is 324 g/mol. The molecule has 1 aromatic rings. The van der Waals surface area contributed by atoms with Crippen LogP contribution in [0.15, 0.2) is 24.3 Å². The standard InChI is InChI=1S/C15H17ClN2O4/c16-12-4-2-1-3-11(12)15(21)22-9-13(19)18-7-5-10(6-8-18)14(17)20/h1-4,10H,5-9H2,(H2,17,20). The van der Waals surface area contributed by atoms with Crippen molar-refractivity contribution < 1.29 is 19.1 Å². The van der Waals surface area contributed by atoms with Gasteiger partial charge in [-0.05, 0) is 25.0 Å². The van der Waals surface area contributed by atoms with Crippen molar-refractivity contribution in [3.63, 3.8) is 0 Å². The molecule has 0 saturated carbocycles. The fourth-order valence-corrected chi connectivity index (χ4v) is 2.55. The molecule has 1 fully saturated rings. The highest BCUT2D eigenvalue weighted by atomic mass is 35.5. The van der Waals surface area contributed by atoms with Crippen LogP contribution in [-0.4, -0.2) is 42.4 Å². The van der Waals surface area contributed by atoms with Gasteiger partial charge in [0, 0.05) is 19.0 Å². The molecule has 2 amide bonds. The summed E-state index contributed by atoms with van der Waals surface area (Å²) in [6.07, 6.45) is 1.08. The molecule has 0 aromatic heterocycles. The Bertz CT molecular complexity index is 583. The summed E-state index contributed by atoms with van der Waals surface area (Å²) in [4.78, 5) is 36.5. The number of hydrogen-bond acceptors (Lipinski definition) is 4. The van der Waals surface area contributed by atoms with Gasteiger partial charge in [0.15, 0.2) is 6.61 Å². The maximum absolute atomic E-state index is 12.0. The number of likely N-dealkylation sites (tertiary alicyclic amines) is 1. The first-order valence-electron chi connectivity index (χ1n) is 6.97. The Labute approximate surface area is 133 Å². The predicted octanol–water partition coefficient (Wildman–Crippen LogP) is 1.22. The van der Waals surface area contributed by atoms with E-state index in [2.05, 4.69) is 0 Å². The minimum Gasteiger partial charge on any atom is -0.452 e. The van der Waals surface area contributed by atoms with E-state index in [1.807, 2.05) is 0 Å². The molecule has 0 radical (unpaired) electrons. The van der Waals surface area contributed by atoms with Gasteiger partial charge in [0.2, 0.25) is 5.91 Å². The molecule has 1 heterocycles. The van der Waals surface area contributed by atoms with Gasteiger partial charge in [-0.2, -0.15) is 0 Å². The molecule has 1 aliphatic heterocycles. The van der Waals surface area contributed by atoms with Crippen molar-refractivity contribution >= 4 is 29.4 Å². The van der Waals surface area contributed by atoms with Crippen LogP contribution in [0.4, 0.5) is 0 Å². The van der Waals surface area contributed by atoms with Gasteiger partial charge in [-0.3, -0.25) is 9.59 Å². The molecule has 0 unspecified atom stereocenters. The summed E-state index contributed by atoms with van der Waals surface area (Å²) < 4.78 is 4.99. The maximum atomic E-state index is 12.0. The first-order chi connectivity index (χ1) is 10.5. The van der Waals surface area contributed by atoms with Crippen molar-refractivity contribution in [2.24, 2.45) is 11.7 Å². The minimum absolute atomic E-state index is 0.185. The zero-order valence-corrected chi connectivity index (χ0v) is 12.7. The number of primary amides is 1. The van der Waals surface area contributed by atoms with Gasteiger partial charge in [0.05, 0.1) is 10.6 Å². The third-order valence-corrected chi connectivity index (χ3v) is 4.00. The third-order valence-electron chi connectivity index (χ3n) is 3.67. The van der Waals surface area contributed by atoms with E-state index < -0.39 is 5.97 Å². The van der Waals surface area contributed by atoms with Crippen molar-refractivity contribution in [3.05, 3.63) is 34.9 Å². The molecule has 0 spiro atoms. The first-order valence-corrected chi connectivity index (χ1v) is 7.35. The zero-order valence-electron chi connectivity index (χ0n) is 12.0. The number of carbonyl (C=O) groups is 3. The molecule has 1 aliphatic rings. The second-order valence-electron chi connectivity index (χ2n) is 5.11. The van der Waals surface area contributed by atoms with E-state index in [1.54, 1.807) is 23.1 Å². The highest BCUT2D eigenvalue weighted by Crippen LogP contribution is 2.18. The molecule has 1 aromatic carbocycles. The van der Waals surface area contributed by atoms with Crippen molar-refractivity contribution in [2.75, 3.05) is 19.7 Å².